The van der Waals surface area contributed by atoms with Gasteiger partial charge in [-0.2, -0.15) is 0 Å². The van der Waals surface area contributed by atoms with Gasteiger partial charge in [0.15, 0.2) is 5.78 Å². The minimum Gasteiger partial charge on any atom is -0.445 e. The van der Waals surface area contributed by atoms with Crippen molar-refractivity contribution < 1.29 is 57.4 Å². The Bertz CT molecular complexity index is 1770. The number of urea groups is 1. The number of thioether (sulfide) groups is 1. The molecule has 1 heterocycles. The Hall–Kier alpha value is -4.88. The summed E-state index contributed by atoms with van der Waals surface area (Å²) in [5, 5.41) is 5.21. The van der Waals surface area contributed by atoms with E-state index in [0.29, 0.717) is 43.7 Å². The number of primary amides is 1. The van der Waals surface area contributed by atoms with Gasteiger partial charge in [0.25, 0.3) is 0 Å². The number of hydrogen-bond acceptors (Lipinski definition) is 13. The molecule has 0 radical (unpaired) electrons. The zero-order valence-electron chi connectivity index (χ0n) is 40.2. The maximum atomic E-state index is 13.6. The van der Waals surface area contributed by atoms with Gasteiger partial charge in [0.1, 0.15) is 18.2 Å². The number of carbonyl (C=O) groups is 9. The topological polar surface area (TPSA) is 241 Å². The molecule has 1 unspecified atom stereocenters. The van der Waals surface area contributed by atoms with Crippen LogP contribution in [0.1, 0.15) is 104 Å². The Kier molecular flexibility index (Phi) is 26.4. The quantitative estimate of drug-likeness (QED) is 0.0666. The summed E-state index contributed by atoms with van der Waals surface area (Å²) < 4.78 is 16.6. The minimum atomic E-state index is -0.899. The van der Waals surface area contributed by atoms with Crippen molar-refractivity contribution in [3.8, 4) is 0 Å². The van der Waals surface area contributed by atoms with E-state index >= 15 is 0 Å². The highest BCUT2D eigenvalue weighted by Gasteiger charge is 2.39. The number of ketones is 3. The van der Waals surface area contributed by atoms with Crippen molar-refractivity contribution in [2.75, 3.05) is 66.7 Å². The van der Waals surface area contributed by atoms with Gasteiger partial charge in [-0.15, -0.1) is 11.8 Å². The fourth-order valence-corrected chi connectivity index (χ4v) is 8.07. The van der Waals surface area contributed by atoms with Gasteiger partial charge in [0, 0.05) is 97.2 Å². The van der Waals surface area contributed by atoms with Gasteiger partial charge in [0.05, 0.1) is 31.1 Å². The highest BCUT2D eigenvalue weighted by atomic mass is 32.2. The molecule has 7 amide bonds. The number of hydrogen-bond donors (Lipinski definition) is 3. The molecule has 0 aromatic heterocycles. The molecule has 18 nitrogen and oxygen atoms in total. The molecule has 0 aliphatic carbocycles. The number of nitrogens with zero attached hydrogens (tertiary/aromatic N) is 3. The van der Waals surface area contributed by atoms with Gasteiger partial charge < -0.3 is 40.4 Å². The molecule has 2 rings (SSSR count). The van der Waals surface area contributed by atoms with Crippen molar-refractivity contribution in [3.05, 3.63) is 35.4 Å². The van der Waals surface area contributed by atoms with Crippen molar-refractivity contribution in [3.63, 3.8) is 0 Å². The third-order valence-corrected chi connectivity index (χ3v) is 12.1. The first-order chi connectivity index (χ1) is 31.2. The number of amides is 7. The zero-order valence-corrected chi connectivity index (χ0v) is 41.0. The molecule has 1 fully saturated rings. The van der Waals surface area contributed by atoms with E-state index in [1.807, 2.05) is 41.5 Å². The third-order valence-electron chi connectivity index (χ3n) is 10.9. The Labute approximate surface area is 394 Å². The van der Waals surface area contributed by atoms with Crippen molar-refractivity contribution in [2.45, 2.75) is 122 Å². The van der Waals surface area contributed by atoms with E-state index in [1.54, 1.807) is 43.3 Å². The summed E-state index contributed by atoms with van der Waals surface area (Å²) in [6.07, 6.45) is 1.11. The van der Waals surface area contributed by atoms with Gasteiger partial charge in [-0.05, 0) is 41.6 Å². The van der Waals surface area contributed by atoms with Crippen LogP contribution >= 0.6 is 11.8 Å². The maximum Gasteiger partial charge on any atom is 0.409 e. The van der Waals surface area contributed by atoms with Crippen molar-refractivity contribution >= 4 is 64.9 Å². The number of rotatable bonds is 33. The summed E-state index contributed by atoms with van der Waals surface area (Å²) >= 11 is 1.46. The molecule has 3 atom stereocenters. The predicted octanol–water partition coefficient (Wildman–Crippen LogP) is 4.08. The zero-order chi connectivity index (χ0) is 49.3. The molecule has 19 heteroatoms. The van der Waals surface area contributed by atoms with Crippen LogP contribution in [0.5, 0.6) is 0 Å². The Morgan fingerprint density at radius 3 is 2.08 bits per heavy atom. The number of nitrogens with one attached hydrogen (secondary N) is 2. The molecular formula is C47H74N6O12S. The molecular weight excluding hydrogens is 873 g/mol. The fourth-order valence-electron chi connectivity index (χ4n) is 6.93. The van der Waals surface area contributed by atoms with Crippen LogP contribution in [0.25, 0.3) is 0 Å². The third kappa shape index (κ3) is 22.1. The van der Waals surface area contributed by atoms with Gasteiger partial charge in [0.2, 0.25) is 23.6 Å². The first-order valence-corrected chi connectivity index (χ1v) is 23.9. The maximum absolute atomic E-state index is 13.6. The summed E-state index contributed by atoms with van der Waals surface area (Å²) in [4.78, 5) is 117. The van der Waals surface area contributed by atoms with E-state index in [-0.39, 0.29) is 142 Å². The van der Waals surface area contributed by atoms with Crippen LogP contribution in [0.2, 0.25) is 0 Å². The summed E-state index contributed by atoms with van der Waals surface area (Å²) in [7, 11) is 3.28. The number of likely N-dealkylation sites (tertiary alicyclic amines) is 1. The summed E-state index contributed by atoms with van der Waals surface area (Å²) in [6.45, 7) is 13.1. The van der Waals surface area contributed by atoms with E-state index in [9.17, 15) is 43.2 Å². The molecule has 66 heavy (non-hydrogen) atoms. The van der Waals surface area contributed by atoms with Gasteiger partial charge >= 0.3 is 12.1 Å². The second kappa shape index (κ2) is 30.4. The lowest BCUT2D eigenvalue weighted by atomic mass is 9.88. The average molecular weight is 947 g/mol. The van der Waals surface area contributed by atoms with Crippen LogP contribution in [0, 0.1) is 17.8 Å². The number of ether oxygens (including phenoxy) is 3. The molecule has 1 aromatic rings. The number of likely N-dealkylation sites (N-methyl/N-ethyl adjacent to an activating group) is 2. The van der Waals surface area contributed by atoms with E-state index in [2.05, 4.69) is 10.6 Å². The molecule has 1 saturated heterocycles. The highest BCUT2D eigenvalue weighted by molar-refractivity contribution is 8.01. The second-order valence-electron chi connectivity index (χ2n) is 17.6. The summed E-state index contributed by atoms with van der Waals surface area (Å²) in [6, 6.07) is 5.37. The molecule has 1 aliphatic rings. The fraction of sp³-hybridized carbons (Fsp3) is 0.681. The number of nitrogens with two attached hydrogens (primary N) is 1. The monoisotopic (exact) mass is 947 g/mol. The Morgan fingerprint density at radius 1 is 0.818 bits per heavy atom. The second-order valence-corrected chi connectivity index (χ2v) is 19.4. The molecule has 4 N–H and O–H groups in total. The van der Waals surface area contributed by atoms with E-state index in [1.165, 1.54) is 21.6 Å². The molecule has 0 spiro atoms. The van der Waals surface area contributed by atoms with Crippen molar-refractivity contribution in [2.24, 2.45) is 23.5 Å². The first-order valence-electron chi connectivity index (χ1n) is 23.0. The Balaban J connectivity index is 1.78. The SMILES string of the molecule is CC(C)SC1CC(=O)N(CCC(=O)CCCOCCOCCC(=O)C[C@H](C(=O)N[C@@H](CCCNC(N)=O)C(=O)Cc2ccc(COC(=O)N(C)CCN(C)C(=O)C(C)C)cc2)C(C)C)C1=O. The van der Waals surface area contributed by atoms with Crippen LogP contribution in [0.4, 0.5) is 9.59 Å². The van der Waals surface area contributed by atoms with Crippen LogP contribution in [0.3, 0.4) is 0 Å². The number of imide groups is 1. The lowest BCUT2D eigenvalue weighted by Gasteiger charge is -2.24. The van der Waals surface area contributed by atoms with Crippen LogP contribution in [0.15, 0.2) is 24.3 Å². The van der Waals surface area contributed by atoms with E-state index in [0.717, 1.165) is 0 Å². The van der Waals surface area contributed by atoms with Crippen LogP contribution in [-0.4, -0.2) is 151 Å². The summed E-state index contributed by atoms with van der Waals surface area (Å²) in [5.41, 5.74) is 6.58. The van der Waals surface area contributed by atoms with Gasteiger partial charge in [-0.3, -0.25) is 38.5 Å². The van der Waals surface area contributed by atoms with E-state index < -0.39 is 30.0 Å². The molecule has 0 bridgehead atoms. The molecule has 370 valence electrons. The number of carbonyl (C=O) groups excluding carboxylic acids is 9. The normalized spacial score (nSPS) is 14.7. The minimum absolute atomic E-state index is 0.00121. The molecule has 1 aliphatic heterocycles. The highest BCUT2D eigenvalue weighted by Crippen LogP contribution is 2.28. The average Bonchev–Trinajstić information content (AvgIpc) is 3.52. The van der Waals surface area contributed by atoms with Gasteiger partial charge in [-0.25, -0.2) is 9.59 Å². The first kappa shape index (κ1) is 57.2. The molecule has 0 saturated carbocycles. The number of benzene rings is 1. The lowest BCUT2D eigenvalue weighted by Crippen LogP contribution is -2.46. The van der Waals surface area contributed by atoms with Crippen LogP contribution < -0.4 is 16.4 Å². The van der Waals surface area contributed by atoms with Gasteiger partial charge in [-0.1, -0.05) is 65.8 Å². The smallest absolute Gasteiger partial charge is 0.409 e. The largest absolute Gasteiger partial charge is 0.445 e. The molecule has 1 aromatic carbocycles. The summed E-state index contributed by atoms with van der Waals surface area (Å²) in [5.74, 6) is -2.45. The van der Waals surface area contributed by atoms with Crippen molar-refractivity contribution in [1.29, 1.82) is 0 Å². The van der Waals surface area contributed by atoms with Crippen molar-refractivity contribution in [1.82, 2.24) is 25.3 Å². The van der Waals surface area contributed by atoms with Crippen LogP contribution in [-0.2, 0) is 60.8 Å². The standard InChI is InChI=1S/C47H74N6O12S/c1-31(2)38(28-37(55)18-24-64-26-25-63-23-10-11-36(54)17-20-53-42(57)29-41(45(53)60)66-33(5)6)43(58)50-39(12-9-19-49-46(48)61)40(56)27-34-13-15-35(16-14-34)30-65-47(62)52(8)22-21-51(7)44(59)32(3)4/h13-16,31-33,38-39,41H,9-12,17-30H2,1-8H3,(H,50,58)(H3,48,49,61)/t38-,39-,41?/m0/s1. The number of Topliss-reactive ketones (excluding diaryl/α,β-unsaturated/α-hetero) is 3. The van der Waals surface area contributed by atoms with E-state index in [4.69, 9.17) is 19.9 Å². The Morgan fingerprint density at radius 2 is 1.45 bits per heavy atom. The predicted molar refractivity (Wildman–Crippen MR) is 250 cm³/mol. The lowest BCUT2D eigenvalue weighted by molar-refractivity contribution is -0.138.